The zero-order chi connectivity index (χ0) is 9.68. The minimum Gasteiger partial charge on any atom is -0.655 e. The van der Waals surface area contributed by atoms with Gasteiger partial charge >= 0.3 is 37.7 Å². The third-order valence-corrected chi connectivity index (χ3v) is 1.94. The first-order valence-corrected chi connectivity index (χ1v) is 4.78. The van der Waals surface area contributed by atoms with Crippen LogP contribution in [-0.4, -0.2) is 6.04 Å². The Kier molecular flexibility index (Phi) is 11.4. The maximum atomic E-state index is 4.60. The molecule has 0 aliphatic heterocycles. The van der Waals surface area contributed by atoms with E-state index in [1.165, 1.54) is 5.56 Å². The molecule has 3 heteroatoms. The van der Waals surface area contributed by atoms with Crippen LogP contribution in [0.25, 0.3) is 5.32 Å². The Hall–Kier alpha value is 0.375. The number of benzene rings is 1. The quantitative estimate of drug-likeness (QED) is 0.375. The molecule has 0 fully saturated rings. The first-order chi connectivity index (χ1) is 6.24. The zero-order valence-electron chi connectivity index (χ0n) is 10.4. The van der Waals surface area contributed by atoms with Gasteiger partial charge in [-0.15, -0.1) is 12.1 Å². The number of hydrogen-bond acceptors (Lipinski definition) is 0. The van der Waals surface area contributed by atoms with E-state index >= 15 is 0 Å². The Morgan fingerprint density at radius 3 is 2.07 bits per heavy atom. The van der Waals surface area contributed by atoms with Crippen molar-refractivity contribution < 1.29 is 37.7 Å². The van der Waals surface area contributed by atoms with Crippen molar-refractivity contribution in [1.29, 1.82) is 0 Å². The largest absolute Gasteiger partial charge is 1.00 e. The van der Waals surface area contributed by atoms with Crippen LogP contribution < -0.4 is 37.7 Å². The van der Waals surface area contributed by atoms with Gasteiger partial charge in [-0.1, -0.05) is 49.7 Å². The molecule has 0 radical (unpaired) electrons. The van der Waals surface area contributed by atoms with Crippen LogP contribution in [0.2, 0.25) is 0 Å². The molecule has 1 rings (SSSR count). The summed E-state index contributed by atoms with van der Waals surface area (Å²) in [5.74, 6) is 0. The molecule has 15 heavy (non-hydrogen) atoms. The van der Waals surface area contributed by atoms with Crippen molar-refractivity contribution in [2.45, 2.75) is 32.4 Å². The molecule has 0 aliphatic carbocycles. The molecule has 0 aromatic heterocycles. The summed E-state index contributed by atoms with van der Waals surface area (Å²) in [5, 5.41) is 4.60. The average molecular weight is 189 g/mol. The Morgan fingerprint density at radius 1 is 1.13 bits per heavy atom. The predicted molar refractivity (Wildman–Crippen MR) is 57.7 cm³/mol. The summed E-state index contributed by atoms with van der Waals surface area (Å²) in [6.07, 6.45) is 0.836. The molecule has 1 aromatic carbocycles. The first-order valence-electron chi connectivity index (χ1n) is 4.78. The second kappa shape index (κ2) is 9.59. The standard InChI is InChI=1S/C12H17N.2Li/c1-4-12(13-10(2)3)11-8-6-5-7-9-11;;/h5-10,12H,1,4H2,2-3H3;;/q-2;2*+1. The summed E-state index contributed by atoms with van der Waals surface area (Å²) in [4.78, 5) is 0. The second-order valence-corrected chi connectivity index (χ2v) is 3.46. The summed E-state index contributed by atoms with van der Waals surface area (Å²) in [7, 11) is 0. The van der Waals surface area contributed by atoms with Crippen LogP contribution in [0.15, 0.2) is 30.3 Å². The number of rotatable bonds is 4. The van der Waals surface area contributed by atoms with Gasteiger partial charge in [0, 0.05) is 0 Å². The van der Waals surface area contributed by atoms with Crippen molar-refractivity contribution in [3.05, 3.63) is 48.1 Å². The maximum Gasteiger partial charge on any atom is 1.00 e. The zero-order valence-corrected chi connectivity index (χ0v) is 10.4. The van der Waals surface area contributed by atoms with E-state index in [9.17, 15) is 0 Å². The summed E-state index contributed by atoms with van der Waals surface area (Å²) in [6.45, 7) is 8.13. The van der Waals surface area contributed by atoms with Crippen molar-refractivity contribution in [2.24, 2.45) is 0 Å². The van der Waals surface area contributed by atoms with Gasteiger partial charge in [0.1, 0.15) is 0 Å². The van der Waals surface area contributed by atoms with Crippen LogP contribution >= 0.6 is 0 Å². The second-order valence-electron chi connectivity index (χ2n) is 3.46. The Balaban J connectivity index is 0. The molecule has 0 spiro atoms. The monoisotopic (exact) mass is 189 g/mol. The fraction of sp³-hybridized carbons (Fsp3) is 0.417. The van der Waals surface area contributed by atoms with Gasteiger partial charge in [0.25, 0.3) is 0 Å². The van der Waals surface area contributed by atoms with E-state index in [1.807, 2.05) is 18.2 Å². The van der Waals surface area contributed by atoms with Crippen LogP contribution in [0.1, 0.15) is 31.9 Å². The molecule has 0 saturated heterocycles. The third-order valence-electron chi connectivity index (χ3n) is 1.94. The molecule has 1 aromatic rings. The van der Waals surface area contributed by atoms with Crippen molar-refractivity contribution in [2.75, 3.05) is 0 Å². The molecule has 72 valence electrons. The van der Waals surface area contributed by atoms with Gasteiger partial charge in [0.05, 0.1) is 0 Å². The predicted octanol–water partition coefficient (Wildman–Crippen LogP) is -2.26. The van der Waals surface area contributed by atoms with Crippen LogP contribution in [0, 0.1) is 6.92 Å². The van der Waals surface area contributed by atoms with E-state index in [1.54, 1.807) is 0 Å². The number of nitrogens with zero attached hydrogens (tertiary/aromatic N) is 1. The smallest absolute Gasteiger partial charge is 0.655 e. The van der Waals surface area contributed by atoms with Crippen molar-refractivity contribution in [3.8, 4) is 0 Å². The average Bonchev–Trinajstić information content (AvgIpc) is 2.15. The van der Waals surface area contributed by atoms with E-state index in [4.69, 9.17) is 0 Å². The summed E-state index contributed by atoms with van der Waals surface area (Å²) < 4.78 is 0. The fourth-order valence-electron chi connectivity index (χ4n) is 1.36. The minimum atomic E-state index is 0. The topological polar surface area (TPSA) is 14.1 Å². The van der Waals surface area contributed by atoms with Crippen LogP contribution in [0.4, 0.5) is 0 Å². The molecule has 0 bridgehead atoms. The molecule has 0 N–H and O–H groups in total. The van der Waals surface area contributed by atoms with Gasteiger partial charge in [-0.3, -0.25) is 0 Å². The normalized spacial score (nSPS) is 11.5. The maximum absolute atomic E-state index is 4.60. The molecule has 1 nitrogen and oxygen atoms in total. The molecule has 0 amide bonds. The van der Waals surface area contributed by atoms with Crippen molar-refractivity contribution in [3.63, 3.8) is 0 Å². The molecule has 1 unspecified atom stereocenters. The van der Waals surface area contributed by atoms with Crippen molar-refractivity contribution >= 4 is 0 Å². The van der Waals surface area contributed by atoms with E-state index in [0.717, 1.165) is 6.42 Å². The minimum absolute atomic E-state index is 0. The van der Waals surface area contributed by atoms with E-state index in [2.05, 4.69) is 38.2 Å². The summed E-state index contributed by atoms with van der Waals surface area (Å²) in [6, 6.07) is 11.0. The molecular formula is C12H17Li2N. The molecular weight excluding hydrogens is 172 g/mol. The Labute approximate surface area is 118 Å². The van der Waals surface area contributed by atoms with E-state index < -0.39 is 0 Å². The van der Waals surface area contributed by atoms with Gasteiger partial charge in [-0.25, -0.2) is 0 Å². The van der Waals surface area contributed by atoms with Crippen LogP contribution in [-0.2, 0) is 0 Å². The summed E-state index contributed by atoms with van der Waals surface area (Å²) in [5.41, 5.74) is 1.27. The molecule has 0 aliphatic rings. The third kappa shape index (κ3) is 6.52. The van der Waals surface area contributed by atoms with E-state index in [-0.39, 0.29) is 43.8 Å². The molecule has 0 heterocycles. The Morgan fingerprint density at radius 2 is 1.67 bits per heavy atom. The molecule has 0 saturated carbocycles. The van der Waals surface area contributed by atoms with Crippen molar-refractivity contribution in [1.82, 2.24) is 0 Å². The summed E-state index contributed by atoms with van der Waals surface area (Å²) >= 11 is 0. The Bertz CT molecular complexity index is 237. The van der Waals surface area contributed by atoms with Gasteiger partial charge in [-0.05, 0) is 0 Å². The number of hydrogen-bond donors (Lipinski definition) is 0. The van der Waals surface area contributed by atoms with Gasteiger partial charge in [0.2, 0.25) is 0 Å². The van der Waals surface area contributed by atoms with E-state index in [0.29, 0.717) is 6.04 Å². The van der Waals surface area contributed by atoms with Gasteiger partial charge in [-0.2, -0.15) is 6.42 Å². The van der Waals surface area contributed by atoms with Gasteiger partial charge in [0.15, 0.2) is 0 Å². The van der Waals surface area contributed by atoms with Crippen LogP contribution in [0.5, 0.6) is 0 Å². The van der Waals surface area contributed by atoms with Gasteiger partial charge < -0.3 is 12.2 Å². The fourth-order valence-corrected chi connectivity index (χ4v) is 1.36. The van der Waals surface area contributed by atoms with Crippen LogP contribution in [0.3, 0.4) is 0 Å². The molecule has 1 atom stereocenters. The first kappa shape index (κ1) is 17.8. The SMILES string of the molecule is [CH2-]CC([N-]C(C)C)c1ccccc1.[Li+].[Li+].